The summed E-state index contributed by atoms with van der Waals surface area (Å²) < 4.78 is 0. The van der Waals surface area contributed by atoms with Gasteiger partial charge in [0.1, 0.15) is 0 Å². The molecular formula is C20H16Fe. The molecule has 0 aliphatic heterocycles. The van der Waals surface area contributed by atoms with Crippen molar-refractivity contribution >= 4 is 10.8 Å². The third kappa shape index (κ3) is 3.95. The van der Waals surface area contributed by atoms with E-state index in [1.54, 1.807) is 0 Å². The van der Waals surface area contributed by atoms with E-state index in [0.717, 1.165) is 0 Å². The average molecular weight is 312 g/mol. The Morgan fingerprint density at radius 3 is 2.00 bits per heavy atom. The maximum atomic E-state index is 2.24. The summed E-state index contributed by atoms with van der Waals surface area (Å²) in [7, 11) is 0. The van der Waals surface area contributed by atoms with Gasteiger partial charge in [0.25, 0.3) is 0 Å². The molecule has 0 saturated heterocycles. The number of benzene rings is 2. The predicted octanol–water partition coefficient (Wildman–Crippen LogP) is 5.63. The molecule has 0 bridgehead atoms. The predicted molar refractivity (Wildman–Crippen MR) is 87.0 cm³/mol. The summed E-state index contributed by atoms with van der Waals surface area (Å²) >= 11 is 0. The quantitative estimate of drug-likeness (QED) is 0.316. The summed E-state index contributed by atoms with van der Waals surface area (Å²) in [6, 6.07) is 33.5. The molecule has 0 aromatic heterocycles. The molecule has 0 amide bonds. The van der Waals surface area contributed by atoms with Gasteiger partial charge in [0.2, 0.25) is 0 Å². The average Bonchev–Trinajstić information content (AvgIpc) is 3.22. The molecule has 21 heavy (non-hydrogen) atoms. The van der Waals surface area contributed by atoms with E-state index in [-0.39, 0.29) is 17.1 Å². The van der Waals surface area contributed by atoms with Gasteiger partial charge >= 0.3 is 17.1 Å². The molecular weight excluding hydrogens is 296 g/mol. The normalized spacial score (nSPS) is 9.52. The first-order valence-corrected chi connectivity index (χ1v) is 6.81. The molecule has 0 spiro atoms. The van der Waals surface area contributed by atoms with Gasteiger partial charge in [0, 0.05) is 0 Å². The van der Waals surface area contributed by atoms with E-state index in [0.29, 0.717) is 0 Å². The van der Waals surface area contributed by atoms with E-state index in [1.807, 2.05) is 30.3 Å². The van der Waals surface area contributed by atoms with Gasteiger partial charge in [-0.2, -0.15) is 42.0 Å². The van der Waals surface area contributed by atoms with E-state index in [9.17, 15) is 0 Å². The second-order valence-corrected chi connectivity index (χ2v) is 4.70. The number of hydrogen-bond acceptors (Lipinski definition) is 0. The van der Waals surface area contributed by atoms with Gasteiger partial charge in [-0.1, -0.05) is 48.0 Å². The van der Waals surface area contributed by atoms with Gasteiger partial charge in [-0.15, -0.1) is 6.07 Å². The van der Waals surface area contributed by atoms with Crippen LogP contribution in [0.5, 0.6) is 0 Å². The molecule has 0 saturated carbocycles. The van der Waals surface area contributed by atoms with E-state index in [4.69, 9.17) is 0 Å². The Hall–Kier alpha value is -2.08. The van der Waals surface area contributed by atoms with Crippen LogP contribution in [0.1, 0.15) is 0 Å². The zero-order valence-electron chi connectivity index (χ0n) is 11.6. The number of hydrogen-bond donors (Lipinski definition) is 0. The van der Waals surface area contributed by atoms with Gasteiger partial charge in [-0.05, 0) is 10.8 Å². The zero-order chi connectivity index (χ0) is 13.6. The van der Waals surface area contributed by atoms with Crippen LogP contribution >= 0.6 is 0 Å². The largest absolute Gasteiger partial charge is 2.00 e. The van der Waals surface area contributed by atoms with Crippen LogP contribution in [0.3, 0.4) is 0 Å². The fourth-order valence-corrected chi connectivity index (χ4v) is 2.26. The summed E-state index contributed by atoms with van der Waals surface area (Å²) in [5.41, 5.74) is 2.58. The van der Waals surface area contributed by atoms with Crippen molar-refractivity contribution in [2.75, 3.05) is 0 Å². The molecule has 0 heterocycles. The summed E-state index contributed by atoms with van der Waals surface area (Å²) in [6.45, 7) is 0. The Balaban J connectivity index is 0.000000231. The van der Waals surface area contributed by atoms with E-state index in [1.165, 1.54) is 21.9 Å². The molecule has 4 aromatic rings. The SMILES string of the molecule is [Fe+2].c1c[cH-]c(-c2ccc3ccccc3c2)c1.c1cc[cH-]c1. The number of rotatable bonds is 1. The Morgan fingerprint density at radius 1 is 0.619 bits per heavy atom. The number of fused-ring (bicyclic) bond motifs is 1. The molecule has 0 radical (unpaired) electrons. The van der Waals surface area contributed by atoms with Crippen molar-refractivity contribution < 1.29 is 17.1 Å². The summed E-state index contributed by atoms with van der Waals surface area (Å²) in [5, 5.41) is 2.60. The standard InChI is InChI=1S/C15H11.C5H5.Fe/c1-2-6-12(5-1)15-10-9-13-7-3-4-8-14(13)11-15;1-2-4-5-3-1;/h1-11H;1-5H;/q2*-1;+2. The molecule has 0 unspecified atom stereocenters. The Bertz CT molecular complexity index is 732. The van der Waals surface area contributed by atoms with Crippen molar-refractivity contribution in [1.82, 2.24) is 0 Å². The molecule has 4 rings (SSSR count). The van der Waals surface area contributed by atoms with Gasteiger partial charge in [-0.3, -0.25) is 0 Å². The molecule has 0 N–H and O–H groups in total. The van der Waals surface area contributed by atoms with Gasteiger partial charge in [0.05, 0.1) is 0 Å². The minimum absolute atomic E-state index is 0. The van der Waals surface area contributed by atoms with Gasteiger partial charge < -0.3 is 0 Å². The smallest absolute Gasteiger partial charge is 0.214 e. The maximum absolute atomic E-state index is 2.24. The second-order valence-electron chi connectivity index (χ2n) is 4.70. The molecule has 0 aliphatic rings. The van der Waals surface area contributed by atoms with E-state index >= 15 is 0 Å². The maximum Gasteiger partial charge on any atom is 2.00 e. The monoisotopic (exact) mass is 312 g/mol. The molecule has 0 nitrogen and oxygen atoms in total. The summed E-state index contributed by atoms with van der Waals surface area (Å²) in [5.74, 6) is 0. The molecule has 1 heteroatoms. The van der Waals surface area contributed by atoms with Crippen LogP contribution in [0.15, 0.2) is 97.1 Å². The first kappa shape index (κ1) is 15.3. The van der Waals surface area contributed by atoms with E-state index < -0.39 is 0 Å². The molecule has 0 atom stereocenters. The van der Waals surface area contributed by atoms with Crippen molar-refractivity contribution in [2.45, 2.75) is 0 Å². The van der Waals surface area contributed by atoms with E-state index in [2.05, 4.69) is 66.7 Å². The zero-order valence-corrected chi connectivity index (χ0v) is 12.7. The minimum Gasteiger partial charge on any atom is -0.214 e. The van der Waals surface area contributed by atoms with Crippen molar-refractivity contribution in [1.29, 1.82) is 0 Å². The van der Waals surface area contributed by atoms with Crippen LogP contribution in [-0.4, -0.2) is 0 Å². The minimum atomic E-state index is 0. The van der Waals surface area contributed by atoms with Crippen LogP contribution in [-0.2, 0) is 17.1 Å². The van der Waals surface area contributed by atoms with Crippen LogP contribution in [0.25, 0.3) is 21.9 Å². The van der Waals surface area contributed by atoms with Crippen molar-refractivity contribution in [3.05, 3.63) is 97.1 Å². The third-order valence-electron chi connectivity index (χ3n) is 3.30. The van der Waals surface area contributed by atoms with Crippen LogP contribution in [0.2, 0.25) is 0 Å². The van der Waals surface area contributed by atoms with Gasteiger partial charge in [0.15, 0.2) is 0 Å². The Labute approximate surface area is 136 Å². The summed E-state index contributed by atoms with van der Waals surface area (Å²) in [6.07, 6.45) is 0. The molecule has 4 aromatic carbocycles. The fraction of sp³-hybridized carbons (Fsp3) is 0. The molecule has 0 aliphatic carbocycles. The van der Waals surface area contributed by atoms with Crippen LogP contribution in [0, 0.1) is 0 Å². The van der Waals surface area contributed by atoms with Crippen molar-refractivity contribution in [2.24, 2.45) is 0 Å². The summed E-state index contributed by atoms with van der Waals surface area (Å²) in [4.78, 5) is 0. The van der Waals surface area contributed by atoms with Gasteiger partial charge in [-0.25, -0.2) is 12.1 Å². The van der Waals surface area contributed by atoms with Crippen LogP contribution < -0.4 is 0 Å². The third-order valence-corrected chi connectivity index (χ3v) is 3.30. The first-order chi connectivity index (χ1) is 9.93. The molecule has 104 valence electrons. The fourth-order valence-electron chi connectivity index (χ4n) is 2.26. The van der Waals surface area contributed by atoms with Crippen LogP contribution in [0.4, 0.5) is 0 Å². The Morgan fingerprint density at radius 2 is 1.38 bits per heavy atom. The second kappa shape index (κ2) is 7.64. The van der Waals surface area contributed by atoms with Crippen molar-refractivity contribution in [3.63, 3.8) is 0 Å². The first-order valence-electron chi connectivity index (χ1n) is 6.81. The topological polar surface area (TPSA) is 0 Å². The van der Waals surface area contributed by atoms with Crippen molar-refractivity contribution in [3.8, 4) is 11.1 Å². The molecule has 0 fully saturated rings. The Kier molecular flexibility index (Phi) is 5.57.